The Labute approximate surface area is 198 Å². The number of aryl methyl sites for hydroxylation is 1. The van der Waals surface area contributed by atoms with Crippen LogP contribution in [0.4, 0.5) is 0 Å². The Balaban J connectivity index is 1.51. The van der Waals surface area contributed by atoms with Crippen LogP contribution in [0, 0.1) is 6.92 Å². The van der Waals surface area contributed by atoms with Gasteiger partial charge in [0.1, 0.15) is 12.4 Å². The van der Waals surface area contributed by atoms with Crippen LogP contribution < -0.4 is 15.4 Å². The highest BCUT2D eigenvalue weighted by Crippen LogP contribution is 2.26. The number of hydrogen-bond donors (Lipinski definition) is 2. The molecule has 1 aliphatic heterocycles. The molecule has 0 aliphatic carbocycles. The number of nitrogens with zero attached hydrogens (tertiary/aromatic N) is 2. The normalized spacial score (nSPS) is 13.8. The molecule has 7 heteroatoms. The molecule has 0 unspecified atom stereocenters. The van der Waals surface area contributed by atoms with Crippen molar-refractivity contribution < 1.29 is 9.53 Å². The Hall–Kier alpha value is -3.64. The number of nitrogens with one attached hydrogen (secondary N) is 2. The molecule has 0 atom stereocenters. The molecule has 4 rings (SSSR count). The van der Waals surface area contributed by atoms with Gasteiger partial charge in [0.2, 0.25) is 5.91 Å². The molecule has 1 aliphatic rings. The predicted molar refractivity (Wildman–Crippen MR) is 130 cm³/mol. The highest BCUT2D eigenvalue weighted by atomic mass is 35.5. The quantitative estimate of drug-likeness (QED) is 0.516. The van der Waals surface area contributed by atoms with Gasteiger partial charge in [-0.25, -0.2) is 9.97 Å². The van der Waals surface area contributed by atoms with E-state index >= 15 is 0 Å². The van der Waals surface area contributed by atoms with Crippen LogP contribution in [0.3, 0.4) is 0 Å². The first kappa shape index (κ1) is 22.6. The van der Waals surface area contributed by atoms with Gasteiger partial charge in [-0.05, 0) is 49.7 Å². The first-order chi connectivity index (χ1) is 16.0. The van der Waals surface area contributed by atoms with Gasteiger partial charge in [-0.15, -0.1) is 0 Å². The van der Waals surface area contributed by atoms with E-state index in [1.54, 1.807) is 12.3 Å². The van der Waals surface area contributed by atoms with Gasteiger partial charge in [-0.3, -0.25) is 4.79 Å². The van der Waals surface area contributed by atoms with Crippen molar-refractivity contribution in [2.45, 2.75) is 26.9 Å². The molecule has 2 N–H and O–H groups in total. The van der Waals surface area contributed by atoms with E-state index in [-0.39, 0.29) is 5.91 Å². The molecule has 0 bridgehead atoms. The number of allylic oxidation sites excluding steroid dienone is 1. The van der Waals surface area contributed by atoms with E-state index in [4.69, 9.17) is 21.3 Å². The summed E-state index contributed by atoms with van der Waals surface area (Å²) in [6, 6.07) is 15.4. The summed E-state index contributed by atoms with van der Waals surface area (Å²) in [5.74, 6) is 1.31. The number of benzene rings is 2. The largest absolute Gasteiger partial charge is 0.489 e. The minimum absolute atomic E-state index is 0.0881. The fraction of sp³-hybridized carbons (Fsp3) is 0.192. The maximum Gasteiger partial charge on any atom is 0.245 e. The third-order valence-electron chi connectivity index (χ3n) is 5.29. The number of rotatable bonds is 7. The van der Waals surface area contributed by atoms with Crippen molar-refractivity contribution in [1.82, 2.24) is 20.6 Å². The van der Waals surface area contributed by atoms with Gasteiger partial charge in [-0.1, -0.05) is 35.9 Å². The first-order valence-electron chi connectivity index (χ1n) is 10.8. The smallest absolute Gasteiger partial charge is 0.245 e. The molecule has 0 saturated heterocycles. The van der Waals surface area contributed by atoms with Crippen LogP contribution in [0.5, 0.6) is 5.75 Å². The molecular weight excluding hydrogens is 436 g/mol. The van der Waals surface area contributed by atoms with Crippen LogP contribution in [-0.4, -0.2) is 22.4 Å². The second kappa shape index (κ2) is 10.3. The van der Waals surface area contributed by atoms with Crippen LogP contribution in [0.25, 0.3) is 17.1 Å². The van der Waals surface area contributed by atoms with Crippen LogP contribution in [-0.2, 0) is 11.4 Å². The van der Waals surface area contributed by atoms with E-state index in [2.05, 4.69) is 15.6 Å². The number of hydrogen-bond acceptors (Lipinski definition) is 5. The molecule has 0 spiro atoms. The zero-order valence-electron chi connectivity index (χ0n) is 18.6. The van der Waals surface area contributed by atoms with Crippen LogP contribution >= 0.6 is 11.6 Å². The van der Waals surface area contributed by atoms with Gasteiger partial charge in [0.05, 0.1) is 11.4 Å². The summed E-state index contributed by atoms with van der Waals surface area (Å²) >= 11 is 6.23. The number of aromatic nitrogens is 2. The van der Waals surface area contributed by atoms with Gasteiger partial charge in [0.15, 0.2) is 5.82 Å². The SMILES string of the molecule is C/C=C(\NC1=CC(=O)NCC1)c1ccnc(-c2ccc(OCc3ccccc3Cl)c(C)c2)n1. The maximum atomic E-state index is 11.6. The summed E-state index contributed by atoms with van der Waals surface area (Å²) in [6.07, 6.45) is 6.01. The van der Waals surface area contributed by atoms with E-state index in [1.807, 2.05) is 68.5 Å². The number of carbonyl (C=O) groups excluding carboxylic acids is 1. The minimum atomic E-state index is -0.0881. The Bertz CT molecular complexity index is 1240. The van der Waals surface area contributed by atoms with E-state index in [9.17, 15) is 4.79 Å². The summed E-state index contributed by atoms with van der Waals surface area (Å²) in [7, 11) is 0. The molecular formula is C26H25ClN4O2. The first-order valence-corrected chi connectivity index (χ1v) is 11.1. The fourth-order valence-electron chi connectivity index (χ4n) is 3.53. The van der Waals surface area contributed by atoms with E-state index < -0.39 is 0 Å². The Morgan fingerprint density at radius 3 is 2.85 bits per heavy atom. The average Bonchev–Trinajstić information content (AvgIpc) is 2.83. The summed E-state index contributed by atoms with van der Waals surface area (Å²) < 4.78 is 5.98. The van der Waals surface area contributed by atoms with Crippen LogP contribution in [0.15, 0.2) is 72.6 Å². The van der Waals surface area contributed by atoms with Crippen molar-refractivity contribution in [1.29, 1.82) is 0 Å². The molecule has 0 saturated carbocycles. The highest BCUT2D eigenvalue weighted by Gasteiger charge is 2.13. The third-order valence-corrected chi connectivity index (χ3v) is 5.66. The van der Waals surface area contributed by atoms with Gasteiger partial charge >= 0.3 is 0 Å². The second-order valence-electron chi connectivity index (χ2n) is 7.66. The van der Waals surface area contributed by atoms with E-state index in [1.165, 1.54) is 0 Å². The van der Waals surface area contributed by atoms with Crippen LogP contribution in [0.1, 0.15) is 30.2 Å². The standard InChI is InChI=1S/C26H25ClN4O2/c1-3-22(30-20-10-12-28-25(32)15-20)23-11-13-29-26(31-23)18-8-9-24(17(2)14-18)33-16-19-6-4-5-7-21(19)27/h3-9,11,13-15,30H,10,12,16H2,1-2H3,(H,28,32)/b22-3-. The lowest BCUT2D eigenvalue weighted by atomic mass is 10.1. The number of halogens is 1. The molecule has 168 valence electrons. The number of amides is 1. The summed E-state index contributed by atoms with van der Waals surface area (Å²) in [5, 5.41) is 6.81. The van der Waals surface area contributed by atoms with E-state index in [0.29, 0.717) is 24.0 Å². The van der Waals surface area contributed by atoms with Gasteiger partial charge < -0.3 is 15.4 Å². The predicted octanol–water partition coefficient (Wildman–Crippen LogP) is 5.04. The minimum Gasteiger partial charge on any atom is -0.489 e. The van der Waals surface area contributed by atoms with Crippen molar-refractivity contribution in [2.75, 3.05) is 6.54 Å². The van der Waals surface area contributed by atoms with Gasteiger partial charge in [-0.2, -0.15) is 0 Å². The molecule has 33 heavy (non-hydrogen) atoms. The lowest BCUT2D eigenvalue weighted by molar-refractivity contribution is -0.116. The van der Waals surface area contributed by atoms with Gasteiger partial charge in [0, 0.05) is 47.1 Å². The monoisotopic (exact) mass is 460 g/mol. The van der Waals surface area contributed by atoms with Crippen molar-refractivity contribution in [2.24, 2.45) is 0 Å². The lowest BCUT2D eigenvalue weighted by Gasteiger charge is -2.18. The van der Waals surface area contributed by atoms with Crippen LogP contribution in [0.2, 0.25) is 5.02 Å². The maximum absolute atomic E-state index is 11.6. The molecule has 0 fully saturated rings. The molecule has 1 aromatic heterocycles. The number of carbonyl (C=O) groups is 1. The Morgan fingerprint density at radius 2 is 2.09 bits per heavy atom. The molecule has 3 aromatic rings. The molecule has 6 nitrogen and oxygen atoms in total. The zero-order chi connectivity index (χ0) is 23.2. The van der Waals surface area contributed by atoms with Crippen molar-refractivity contribution in [3.63, 3.8) is 0 Å². The second-order valence-corrected chi connectivity index (χ2v) is 8.07. The third kappa shape index (κ3) is 5.59. The van der Waals surface area contributed by atoms with E-state index in [0.717, 1.165) is 45.9 Å². The fourth-order valence-corrected chi connectivity index (χ4v) is 3.72. The average molecular weight is 461 g/mol. The Morgan fingerprint density at radius 1 is 1.24 bits per heavy atom. The Kier molecular flexibility index (Phi) is 7.05. The lowest BCUT2D eigenvalue weighted by Crippen LogP contribution is -2.30. The highest BCUT2D eigenvalue weighted by molar-refractivity contribution is 6.31. The molecule has 1 amide bonds. The van der Waals surface area contributed by atoms with Gasteiger partial charge in [0.25, 0.3) is 0 Å². The zero-order valence-corrected chi connectivity index (χ0v) is 19.3. The number of ether oxygens (including phenoxy) is 1. The molecule has 2 heterocycles. The van der Waals surface area contributed by atoms with Crippen molar-refractivity contribution in [3.05, 3.63) is 94.4 Å². The topological polar surface area (TPSA) is 76.1 Å². The summed E-state index contributed by atoms with van der Waals surface area (Å²) in [6.45, 7) is 4.95. The molecule has 2 aromatic carbocycles. The van der Waals surface area contributed by atoms with Crippen molar-refractivity contribution in [3.8, 4) is 17.1 Å². The summed E-state index contributed by atoms with van der Waals surface area (Å²) in [5.41, 5.74) is 5.27. The summed E-state index contributed by atoms with van der Waals surface area (Å²) in [4.78, 5) is 20.8. The van der Waals surface area contributed by atoms with Crippen molar-refractivity contribution >= 4 is 23.2 Å². The molecule has 0 radical (unpaired) electrons.